The van der Waals surface area contributed by atoms with Crippen LogP contribution < -0.4 is 0 Å². The van der Waals surface area contributed by atoms with E-state index in [2.05, 4.69) is 9.64 Å². The van der Waals surface area contributed by atoms with Gasteiger partial charge in [-0.15, -0.1) is 0 Å². The summed E-state index contributed by atoms with van der Waals surface area (Å²) in [7, 11) is 1.39. The van der Waals surface area contributed by atoms with Crippen LogP contribution in [0.5, 0.6) is 0 Å². The predicted octanol–water partition coefficient (Wildman–Crippen LogP) is 0.952. The zero-order valence-corrected chi connectivity index (χ0v) is 10.1. The molecule has 1 rings (SSSR count). The zero-order valence-electron chi connectivity index (χ0n) is 10.1. The molecule has 1 aliphatic carbocycles. The molecule has 0 aromatic rings. The van der Waals surface area contributed by atoms with Crippen molar-refractivity contribution in [1.29, 1.82) is 0 Å². The molecule has 4 nitrogen and oxygen atoms in total. The molecule has 0 spiro atoms. The van der Waals surface area contributed by atoms with E-state index in [1.54, 1.807) is 6.92 Å². The lowest BCUT2D eigenvalue weighted by Crippen LogP contribution is -2.41. The van der Waals surface area contributed by atoms with Crippen molar-refractivity contribution in [3.05, 3.63) is 11.6 Å². The molecule has 1 saturated carbocycles. The second-order valence-corrected chi connectivity index (χ2v) is 4.18. The summed E-state index contributed by atoms with van der Waals surface area (Å²) in [6.07, 6.45) is 5.54. The number of hydrogen-bond donors (Lipinski definition) is 1. The largest absolute Gasteiger partial charge is 0.466 e. The summed E-state index contributed by atoms with van der Waals surface area (Å²) < 4.78 is 4.63. The summed E-state index contributed by atoms with van der Waals surface area (Å²) in [5, 5.41) is 8.97. The van der Waals surface area contributed by atoms with E-state index in [4.69, 9.17) is 5.11 Å². The quantitative estimate of drug-likeness (QED) is 0.542. The molecule has 0 unspecified atom stereocenters. The second-order valence-electron chi connectivity index (χ2n) is 4.18. The van der Waals surface area contributed by atoms with Gasteiger partial charge in [-0.3, -0.25) is 4.90 Å². The smallest absolute Gasteiger partial charge is 0.333 e. The minimum atomic E-state index is -0.280. The third kappa shape index (κ3) is 3.61. The zero-order chi connectivity index (χ0) is 12.0. The van der Waals surface area contributed by atoms with Gasteiger partial charge in [0.2, 0.25) is 0 Å². The third-order valence-corrected chi connectivity index (χ3v) is 3.12. The number of carbonyl (C=O) groups is 1. The number of rotatable bonds is 6. The summed E-state index contributed by atoms with van der Waals surface area (Å²) >= 11 is 0. The van der Waals surface area contributed by atoms with Crippen LogP contribution in [0.2, 0.25) is 0 Å². The van der Waals surface area contributed by atoms with Gasteiger partial charge in [-0.25, -0.2) is 4.79 Å². The van der Waals surface area contributed by atoms with Crippen LogP contribution >= 0.6 is 0 Å². The van der Waals surface area contributed by atoms with E-state index >= 15 is 0 Å². The third-order valence-electron chi connectivity index (χ3n) is 3.12. The molecule has 4 heteroatoms. The van der Waals surface area contributed by atoms with E-state index in [1.807, 2.05) is 6.08 Å². The Morgan fingerprint density at radius 2 is 2.25 bits per heavy atom. The maximum absolute atomic E-state index is 11.2. The van der Waals surface area contributed by atoms with E-state index in [0.29, 0.717) is 24.7 Å². The molecule has 0 atom stereocenters. The van der Waals surface area contributed by atoms with Gasteiger partial charge in [0.1, 0.15) is 0 Å². The van der Waals surface area contributed by atoms with Crippen molar-refractivity contribution in [2.75, 3.05) is 26.8 Å². The first kappa shape index (κ1) is 13.2. The molecule has 0 bridgehead atoms. The van der Waals surface area contributed by atoms with Gasteiger partial charge < -0.3 is 9.84 Å². The van der Waals surface area contributed by atoms with Gasteiger partial charge in [0.25, 0.3) is 0 Å². The second kappa shape index (κ2) is 6.66. The van der Waals surface area contributed by atoms with Crippen LogP contribution in [-0.2, 0) is 9.53 Å². The van der Waals surface area contributed by atoms with Crippen molar-refractivity contribution in [1.82, 2.24) is 4.90 Å². The van der Waals surface area contributed by atoms with Crippen LogP contribution in [0.25, 0.3) is 0 Å². The number of nitrogens with zero attached hydrogens (tertiary/aromatic N) is 1. The minimum Gasteiger partial charge on any atom is -0.466 e. The Morgan fingerprint density at radius 1 is 1.56 bits per heavy atom. The van der Waals surface area contributed by atoms with Gasteiger partial charge in [-0.2, -0.15) is 0 Å². The number of esters is 1. The molecular formula is C12H21NO3. The molecule has 92 valence electrons. The molecule has 1 fully saturated rings. The number of carbonyl (C=O) groups excluding carboxylic acids is 1. The lowest BCUT2D eigenvalue weighted by atomic mass is 9.91. The average molecular weight is 227 g/mol. The molecule has 0 amide bonds. The molecule has 1 aliphatic rings. The average Bonchev–Trinajstić information content (AvgIpc) is 2.22. The predicted molar refractivity (Wildman–Crippen MR) is 62.1 cm³/mol. The van der Waals surface area contributed by atoms with Crippen molar-refractivity contribution >= 4 is 5.97 Å². The summed E-state index contributed by atoms with van der Waals surface area (Å²) in [5.74, 6) is -0.280. The summed E-state index contributed by atoms with van der Waals surface area (Å²) in [5.41, 5.74) is 0.629. The van der Waals surface area contributed by atoms with E-state index < -0.39 is 0 Å². The Kier molecular flexibility index (Phi) is 5.49. The fourth-order valence-electron chi connectivity index (χ4n) is 1.80. The fraction of sp³-hybridized carbons (Fsp3) is 0.750. The molecule has 0 aliphatic heterocycles. The molecule has 16 heavy (non-hydrogen) atoms. The monoisotopic (exact) mass is 227 g/mol. The summed E-state index contributed by atoms with van der Waals surface area (Å²) in [4.78, 5) is 13.4. The van der Waals surface area contributed by atoms with Crippen molar-refractivity contribution in [3.8, 4) is 0 Å². The van der Waals surface area contributed by atoms with Gasteiger partial charge in [0.15, 0.2) is 0 Å². The Hall–Kier alpha value is -0.870. The SMILES string of the molecule is COC(=O)C(C)=CCN(CCO)C1CCC1. The lowest BCUT2D eigenvalue weighted by Gasteiger charge is -2.36. The normalized spacial score (nSPS) is 17.4. The lowest BCUT2D eigenvalue weighted by molar-refractivity contribution is -0.136. The van der Waals surface area contributed by atoms with Crippen molar-refractivity contribution in [3.63, 3.8) is 0 Å². The van der Waals surface area contributed by atoms with Crippen molar-refractivity contribution < 1.29 is 14.6 Å². The van der Waals surface area contributed by atoms with E-state index in [1.165, 1.54) is 26.4 Å². The topological polar surface area (TPSA) is 49.8 Å². The van der Waals surface area contributed by atoms with Crippen molar-refractivity contribution in [2.24, 2.45) is 0 Å². The first-order valence-corrected chi connectivity index (χ1v) is 5.79. The first-order chi connectivity index (χ1) is 7.69. The number of aliphatic hydroxyl groups excluding tert-OH is 1. The molecule has 0 heterocycles. The summed E-state index contributed by atoms with van der Waals surface area (Å²) in [6, 6.07) is 0.578. The molecule has 0 radical (unpaired) electrons. The Bertz CT molecular complexity index is 259. The number of aliphatic hydroxyl groups is 1. The first-order valence-electron chi connectivity index (χ1n) is 5.79. The maximum Gasteiger partial charge on any atom is 0.333 e. The fourth-order valence-corrected chi connectivity index (χ4v) is 1.80. The number of methoxy groups -OCH3 is 1. The number of hydrogen-bond acceptors (Lipinski definition) is 4. The molecular weight excluding hydrogens is 206 g/mol. The van der Waals surface area contributed by atoms with Crippen LogP contribution in [0.1, 0.15) is 26.2 Å². The summed E-state index contributed by atoms with van der Waals surface area (Å²) in [6.45, 7) is 3.31. The molecule has 0 aromatic heterocycles. The minimum absolute atomic E-state index is 0.168. The molecule has 0 aromatic carbocycles. The van der Waals surface area contributed by atoms with Crippen LogP contribution in [0, 0.1) is 0 Å². The molecule has 1 N–H and O–H groups in total. The highest BCUT2D eigenvalue weighted by Gasteiger charge is 2.23. The van der Waals surface area contributed by atoms with Gasteiger partial charge in [0, 0.05) is 24.7 Å². The van der Waals surface area contributed by atoms with Gasteiger partial charge in [0.05, 0.1) is 13.7 Å². The Morgan fingerprint density at radius 3 is 2.69 bits per heavy atom. The van der Waals surface area contributed by atoms with Crippen LogP contribution in [0.4, 0.5) is 0 Å². The highest BCUT2D eigenvalue weighted by molar-refractivity contribution is 5.87. The van der Waals surface area contributed by atoms with Gasteiger partial charge in [-0.1, -0.05) is 12.5 Å². The van der Waals surface area contributed by atoms with E-state index in [9.17, 15) is 4.79 Å². The van der Waals surface area contributed by atoms with E-state index in [0.717, 1.165) is 0 Å². The highest BCUT2D eigenvalue weighted by atomic mass is 16.5. The van der Waals surface area contributed by atoms with Crippen LogP contribution in [0.15, 0.2) is 11.6 Å². The van der Waals surface area contributed by atoms with Crippen LogP contribution in [0.3, 0.4) is 0 Å². The maximum atomic E-state index is 11.2. The van der Waals surface area contributed by atoms with Crippen LogP contribution in [-0.4, -0.2) is 48.8 Å². The Labute approximate surface area is 96.9 Å². The Balaban J connectivity index is 2.44. The molecule has 0 saturated heterocycles. The number of ether oxygens (including phenoxy) is 1. The highest BCUT2D eigenvalue weighted by Crippen LogP contribution is 2.24. The van der Waals surface area contributed by atoms with Crippen molar-refractivity contribution in [2.45, 2.75) is 32.2 Å². The van der Waals surface area contributed by atoms with Gasteiger partial charge in [-0.05, 0) is 19.8 Å². The standard InChI is InChI=1S/C12H21NO3/c1-10(12(15)16-2)6-7-13(8-9-14)11-4-3-5-11/h6,11,14H,3-5,7-9H2,1-2H3. The van der Waals surface area contributed by atoms with E-state index in [-0.39, 0.29) is 12.6 Å². The van der Waals surface area contributed by atoms with Gasteiger partial charge >= 0.3 is 5.97 Å².